The molecule has 0 amide bonds. The highest BCUT2D eigenvalue weighted by atomic mass is 35.5. The van der Waals surface area contributed by atoms with E-state index in [0.29, 0.717) is 5.02 Å². The first kappa shape index (κ1) is 17.3. The summed E-state index contributed by atoms with van der Waals surface area (Å²) in [7, 11) is -3.55. The van der Waals surface area contributed by atoms with E-state index in [9.17, 15) is 8.42 Å². The van der Waals surface area contributed by atoms with E-state index in [2.05, 4.69) is 28.6 Å². The molecule has 2 heterocycles. The van der Waals surface area contributed by atoms with Gasteiger partial charge in [0.1, 0.15) is 0 Å². The summed E-state index contributed by atoms with van der Waals surface area (Å²) >= 11 is 7.65. The molecule has 0 spiro atoms. The predicted octanol–water partition coefficient (Wildman–Crippen LogP) is 3.27. The maximum absolute atomic E-state index is 12.7. The highest BCUT2D eigenvalue weighted by Crippen LogP contribution is 2.24. The van der Waals surface area contributed by atoms with Crippen molar-refractivity contribution in [3.8, 4) is 0 Å². The smallest absolute Gasteiger partial charge is 0.206 e. The van der Waals surface area contributed by atoms with Crippen LogP contribution in [0.25, 0.3) is 12.3 Å². The maximum atomic E-state index is 12.7. The minimum absolute atomic E-state index is 0.210. The average molecular weight is 402 g/mol. The summed E-state index contributed by atoms with van der Waals surface area (Å²) in [4.78, 5) is 2.71. The van der Waals surface area contributed by atoms with Crippen LogP contribution in [0, 0.1) is 0 Å². The van der Waals surface area contributed by atoms with Crippen molar-refractivity contribution in [1.29, 1.82) is 0 Å². The fraction of sp³-hybridized carbons (Fsp3) is 0.100. The molecular weight excluding hydrogens is 386 g/mol. The molecule has 26 heavy (non-hydrogen) atoms. The molecule has 0 radical (unpaired) electrons. The van der Waals surface area contributed by atoms with Crippen LogP contribution < -0.4 is 9.75 Å². The van der Waals surface area contributed by atoms with E-state index in [-0.39, 0.29) is 9.79 Å². The molecule has 1 aromatic heterocycles. The summed E-state index contributed by atoms with van der Waals surface area (Å²) in [6.07, 6.45) is 4.38. The number of rotatable bonds is 4. The maximum Gasteiger partial charge on any atom is 0.206 e. The second-order valence-corrected chi connectivity index (χ2v) is 9.44. The SMILES string of the molecule is O=S(=O)(c1ccc(CN2C=c3sccc3=CC2)cc1)c1cccc(Cl)c1. The number of benzene rings is 2. The molecule has 0 unspecified atom stereocenters. The van der Waals surface area contributed by atoms with Gasteiger partial charge in [0.05, 0.1) is 9.79 Å². The minimum atomic E-state index is -3.55. The molecule has 0 aliphatic carbocycles. The lowest BCUT2D eigenvalue weighted by molar-refractivity contribution is 0.455. The van der Waals surface area contributed by atoms with E-state index in [0.717, 1.165) is 18.7 Å². The van der Waals surface area contributed by atoms with Gasteiger partial charge in [-0.2, -0.15) is 0 Å². The van der Waals surface area contributed by atoms with Gasteiger partial charge in [-0.1, -0.05) is 35.9 Å². The third-order valence-corrected chi connectivity index (χ3v) is 7.17. The van der Waals surface area contributed by atoms with Crippen LogP contribution in [0.3, 0.4) is 0 Å². The Hall–Kier alpha value is -2.08. The Morgan fingerprint density at radius 2 is 1.85 bits per heavy atom. The average Bonchev–Trinajstić information content (AvgIpc) is 3.10. The second-order valence-electron chi connectivity index (χ2n) is 6.11. The van der Waals surface area contributed by atoms with Gasteiger partial charge in [-0.25, -0.2) is 8.42 Å². The van der Waals surface area contributed by atoms with Crippen LogP contribution in [0.2, 0.25) is 5.02 Å². The number of hydrogen-bond donors (Lipinski definition) is 0. The van der Waals surface area contributed by atoms with Crippen molar-refractivity contribution in [3.05, 3.63) is 80.3 Å². The molecule has 1 aliphatic heterocycles. The van der Waals surface area contributed by atoms with Crippen LogP contribution >= 0.6 is 22.9 Å². The van der Waals surface area contributed by atoms with Gasteiger partial charge in [-0.3, -0.25) is 0 Å². The van der Waals surface area contributed by atoms with Gasteiger partial charge >= 0.3 is 0 Å². The van der Waals surface area contributed by atoms with E-state index in [4.69, 9.17) is 11.6 Å². The lowest BCUT2D eigenvalue weighted by atomic mass is 10.2. The van der Waals surface area contributed by atoms with E-state index in [1.54, 1.807) is 41.7 Å². The normalized spacial score (nSPS) is 13.7. The zero-order valence-corrected chi connectivity index (χ0v) is 16.2. The topological polar surface area (TPSA) is 37.4 Å². The van der Waals surface area contributed by atoms with E-state index >= 15 is 0 Å². The second kappa shape index (κ2) is 6.91. The first-order valence-corrected chi connectivity index (χ1v) is 10.9. The van der Waals surface area contributed by atoms with E-state index < -0.39 is 9.84 Å². The Kier molecular flexibility index (Phi) is 4.61. The molecule has 0 saturated heterocycles. The van der Waals surface area contributed by atoms with Crippen molar-refractivity contribution in [1.82, 2.24) is 4.90 Å². The molecule has 0 bridgehead atoms. The van der Waals surface area contributed by atoms with Gasteiger partial charge in [-0.05, 0) is 52.6 Å². The fourth-order valence-electron chi connectivity index (χ4n) is 2.93. The number of fused-ring (bicyclic) bond motifs is 1. The Bertz CT molecular complexity index is 1170. The monoisotopic (exact) mass is 401 g/mol. The van der Waals surface area contributed by atoms with Crippen LogP contribution in [0.15, 0.2) is 69.8 Å². The van der Waals surface area contributed by atoms with Crippen molar-refractivity contribution in [3.63, 3.8) is 0 Å². The molecule has 3 nitrogen and oxygen atoms in total. The number of halogens is 1. The van der Waals surface area contributed by atoms with Crippen molar-refractivity contribution in [2.45, 2.75) is 16.3 Å². The van der Waals surface area contributed by atoms with Gasteiger partial charge in [0.25, 0.3) is 0 Å². The van der Waals surface area contributed by atoms with Crippen molar-refractivity contribution in [2.75, 3.05) is 6.54 Å². The summed E-state index contributed by atoms with van der Waals surface area (Å²) in [5.74, 6) is 0. The van der Waals surface area contributed by atoms with Crippen molar-refractivity contribution in [2.24, 2.45) is 0 Å². The van der Waals surface area contributed by atoms with Crippen LogP contribution in [0.1, 0.15) is 5.56 Å². The van der Waals surface area contributed by atoms with Gasteiger partial charge in [0.2, 0.25) is 9.84 Å². The Morgan fingerprint density at radius 1 is 1.04 bits per heavy atom. The van der Waals surface area contributed by atoms with Gasteiger partial charge < -0.3 is 4.90 Å². The summed E-state index contributed by atoms with van der Waals surface area (Å²) in [5.41, 5.74) is 1.07. The van der Waals surface area contributed by atoms with Gasteiger partial charge in [0, 0.05) is 28.8 Å². The standard InChI is InChI=1S/C20H16ClNO2S2/c21-17-2-1-3-19(12-17)26(23,24)18-6-4-15(5-7-18)13-22-10-8-16-9-11-25-20(16)14-22/h1-9,11-12,14H,10,13H2. The van der Waals surface area contributed by atoms with E-state index in [1.807, 2.05) is 12.1 Å². The van der Waals surface area contributed by atoms with Crippen molar-refractivity contribution >= 4 is 45.1 Å². The molecule has 6 heteroatoms. The summed E-state index contributed by atoms with van der Waals surface area (Å²) < 4.78 is 26.7. The van der Waals surface area contributed by atoms with Crippen LogP contribution in [0.4, 0.5) is 0 Å². The lowest BCUT2D eigenvalue weighted by Gasteiger charge is -2.20. The third-order valence-electron chi connectivity index (χ3n) is 4.30. The first-order valence-electron chi connectivity index (χ1n) is 8.11. The van der Waals surface area contributed by atoms with Crippen molar-refractivity contribution < 1.29 is 8.42 Å². The Morgan fingerprint density at radius 3 is 2.62 bits per heavy atom. The minimum Gasteiger partial charge on any atom is -0.368 e. The highest BCUT2D eigenvalue weighted by molar-refractivity contribution is 7.91. The summed E-state index contributed by atoms with van der Waals surface area (Å²) in [5, 5.41) is 3.79. The quantitative estimate of drug-likeness (QED) is 0.673. The molecule has 0 N–H and O–H groups in total. The van der Waals surface area contributed by atoms with Gasteiger partial charge in [0.15, 0.2) is 0 Å². The third kappa shape index (κ3) is 3.43. The lowest BCUT2D eigenvalue weighted by Crippen LogP contribution is -2.31. The largest absolute Gasteiger partial charge is 0.368 e. The van der Waals surface area contributed by atoms with Crippen LogP contribution in [-0.4, -0.2) is 19.9 Å². The van der Waals surface area contributed by atoms with Crippen LogP contribution in [-0.2, 0) is 16.4 Å². The molecule has 0 fully saturated rings. The fourth-order valence-corrected chi connectivity index (χ4v) is 5.35. The zero-order chi connectivity index (χ0) is 18.1. The van der Waals surface area contributed by atoms with Gasteiger partial charge in [-0.15, -0.1) is 11.3 Å². The number of hydrogen-bond acceptors (Lipinski definition) is 4. The molecular formula is C20H16ClNO2S2. The molecule has 1 aliphatic rings. The summed E-state index contributed by atoms with van der Waals surface area (Å²) in [6, 6.07) is 15.5. The summed E-state index contributed by atoms with van der Waals surface area (Å²) in [6.45, 7) is 1.59. The molecule has 0 atom stereocenters. The number of thiophene rings is 1. The highest BCUT2D eigenvalue weighted by Gasteiger charge is 2.18. The Labute approximate surface area is 161 Å². The number of nitrogens with zero attached hydrogens (tertiary/aromatic N) is 1. The number of sulfone groups is 1. The molecule has 132 valence electrons. The van der Waals surface area contributed by atoms with E-state index in [1.165, 1.54) is 15.8 Å². The predicted molar refractivity (Wildman–Crippen MR) is 106 cm³/mol. The molecule has 4 rings (SSSR count). The molecule has 3 aromatic rings. The molecule has 0 saturated carbocycles. The molecule has 2 aromatic carbocycles. The zero-order valence-electron chi connectivity index (χ0n) is 13.8. The Balaban J connectivity index is 1.55. The van der Waals surface area contributed by atoms with Crippen LogP contribution in [0.5, 0.6) is 0 Å². The first-order chi connectivity index (χ1) is 12.5.